The Morgan fingerprint density at radius 2 is 1.94 bits per heavy atom. The molecule has 0 saturated heterocycles. The summed E-state index contributed by atoms with van der Waals surface area (Å²) in [6.45, 7) is 0. The molecule has 0 aliphatic rings. The summed E-state index contributed by atoms with van der Waals surface area (Å²) in [5, 5.41) is 0.560. The average molecular weight is 330 g/mol. The maximum Gasteiger partial charge on any atom is 0.123 e. The monoisotopic (exact) mass is 328 g/mol. The number of benzene rings is 2. The standard InChI is InChI=1S/C13H11BrClFN2/c14-11-6-2-5-10(12(11)15)13(18-17)8-3-1-4-9(16)7-8/h1-7,13,18H,17H2. The first-order chi connectivity index (χ1) is 8.63. The van der Waals surface area contributed by atoms with Crippen LogP contribution < -0.4 is 11.3 Å². The van der Waals surface area contributed by atoms with Crippen molar-refractivity contribution in [2.45, 2.75) is 6.04 Å². The number of hydrogen-bond acceptors (Lipinski definition) is 2. The summed E-state index contributed by atoms with van der Waals surface area (Å²) in [6, 6.07) is 11.4. The van der Waals surface area contributed by atoms with Crippen LogP contribution in [0.1, 0.15) is 17.2 Å². The Balaban J connectivity index is 2.49. The number of halogens is 3. The van der Waals surface area contributed by atoms with Crippen molar-refractivity contribution in [2.75, 3.05) is 0 Å². The second-order valence-electron chi connectivity index (χ2n) is 3.80. The summed E-state index contributed by atoms with van der Waals surface area (Å²) in [7, 11) is 0. The highest BCUT2D eigenvalue weighted by molar-refractivity contribution is 9.10. The van der Waals surface area contributed by atoms with E-state index in [1.165, 1.54) is 12.1 Å². The van der Waals surface area contributed by atoms with Gasteiger partial charge in [-0.2, -0.15) is 0 Å². The van der Waals surface area contributed by atoms with E-state index in [2.05, 4.69) is 21.4 Å². The smallest absolute Gasteiger partial charge is 0.123 e. The number of nitrogens with one attached hydrogen (secondary N) is 1. The van der Waals surface area contributed by atoms with Crippen LogP contribution in [0.3, 0.4) is 0 Å². The third kappa shape index (κ3) is 2.72. The molecular weight excluding hydrogens is 319 g/mol. The van der Waals surface area contributed by atoms with Gasteiger partial charge in [0.25, 0.3) is 0 Å². The van der Waals surface area contributed by atoms with Gasteiger partial charge in [-0.25, -0.2) is 9.82 Å². The van der Waals surface area contributed by atoms with E-state index in [1.807, 2.05) is 18.2 Å². The minimum Gasteiger partial charge on any atom is -0.271 e. The third-order valence-corrected chi connectivity index (χ3v) is 3.95. The van der Waals surface area contributed by atoms with Crippen LogP contribution in [0.4, 0.5) is 4.39 Å². The van der Waals surface area contributed by atoms with E-state index < -0.39 is 0 Å². The molecule has 0 bridgehead atoms. The van der Waals surface area contributed by atoms with Gasteiger partial charge in [-0.3, -0.25) is 5.84 Å². The summed E-state index contributed by atoms with van der Waals surface area (Å²) < 4.78 is 14.0. The van der Waals surface area contributed by atoms with Gasteiger partial charge in [-0.15, -0.1) is 0 Å². The van der Waals surface area contributed by atoms with Gasteiger partial charge in [-0.05, 0) is 45.3 Å². The van der Waals surface area contributed by atoms with Crippen molar-refractivity contribution in [1.82, 2.24) is 5.43 Å². The van der Waals surface area contributed by atoms with Gasteiger partial charge in [0.05, 0.1) is 11.1 Å². The minimum atomic E-state index is -0.356. The van der Waals surface area contributed by atoms with Gasteiger partial charge < -0.3 is 0 Å². The van der Waals surface area contributed by atoms with E-state index >= 15 is 0 Å². The normalized spacial score (nSPS) is 12.4. The van der Waals surface area contributed by atoms with Crippen molar-refractivity contribution in [1.29, 1.82) is 0 Å². The van der Waals surface area contributed by atoms with Crippen LogP contribution in [0.25, 0.3) is 0 Å². The van der Waals surface area contributed by atoms with Crippen LogP contribution in [-0.4, -0.2) is 0 Å². The van der Waals surface area contributed by atoms with Crippen LogP contribution in [0.15, 0.2) is 46.9 Å². The molecule has 0 saturated carbocycles. The fraction of sp³-hybridized carbons (Fsp3) is 0.0769. The Labute approximate surface area is 118 Å². The molecule has 2 aromatic carbocycles. The van der Waals surface area contributed by atoms with E-state index in [0.717, 1.165) is 15.6 Å². The lowest BCUT2D eigenvalue weighted by Crippen LogP contribution is -2.29. The van der Waals surface area contributed by atoms with Gasteiger partial charge in [-0.1, -0.05) is 35.9 Å². The fourth-order valence-electron chi connectivity index (χ4n) is 1.80. The first-order valence-corrected chi connectivity index (χ1v) is 6.46. The Morgan fingerprint density at radius 3 is 2.61 bits per heavy atom. The van der Waals surface area contributed by atoms with E-state index in [0.29, 0.717) is 5.02 Å². The molecule has 5 heteroatoms. The highest BCUT2D eigenvalue weighted by Crippen LogP contribution is 2.33. The topological polar surface area (TPSA) is 38.0 Å². The zero-order valence-corrected chi connectivity index (χ0v) is 11.7. The second-order valence-corrected chi connectivity index (χ2v) is 5.03. The number of rotatable bonds is 3. The molecule has 2 nitrogen and oxygen atoms in total. The summed E-state index contributed by atoms with van der Waals surface area (Å²) in [5.41, 5.74) is 4.17. The van der Waals surface area contributed by atoms with E-state index in [4.69, 9.17) is 17.4 Å². The first kappa shape index (κ1) is 13.5. The van der Waals surface area contributed by atoms with E-state index in [9.17, 15) is 4.39 Å². The van der Waals surface area contributed by atoms with Gasteiger partial charge in [0.2, 0.25) is 0 Å². The van der Waals surface area contributed by atoms with Gasteiger partial charge in [0.1, 0.15) is 5.82 Å². The Hall–Kier alpha value is -0.940. The number of hydrogen-bond donors (Lipinski definition) is 2. The molecule has 1 atom stereocenters. The molecule has 0 fully saturated rings. The molecule has 1 unspecified atom stereocenters. The SMILES string of the molecule is NNC(c1cccc(F)c1)c1cccc(Br)c1Cl. The molecular formula is C13H11BrClFN2. The summed E-state index contributed by atoms with van der Waals surface area (Å²) >= 11 is 9.58. The molecule has 0 spiro atoms. The fourth-order valence-corrected chi connectivity index (χ4v) is 2.41. The largest absolute Gasteiger partial charge is 0.271 e. The molecule has 0 amide bonds. The molecule has 2 rings (SSSR count). The molecule has 0 aliphatic carbocycles. The van der Waals surface area contributed by atoms with Crippen molar-refractivity contribution in [2.24, 2.45) is 5.84 Å². The minimum absolute atomic E-state index is 0.307. The summed E-state index contributed by atoms with van der Waals surface area (Å²) in [5.74, 6) is 5.25. The van der Waals surface area contributed by atoms with Gasteiger partial charge in [0.15, 0.2) is 0 Å². The first-order valence-electron chi connectivity index (χ1n) is 5.29. The van der Waals surface area contributed by atoms with Gasteiger partial charge >= 0.3 is 0 Å². The van der Waals surface area contributed by atoms with Crippen molar-refractivity contribution in [3.8, 4) is 0 Å². The van der Waals surface area contributed by atoms with Crippen molar-refractivity contribution in [3.05, 3.63) is 68.9 Å². The lowest BCUT2D eigenvalue weighted by molar-refractivity contribution is 0.605. The van der Waals surface area contributed by atoms with Crippen LogP contribution >= 0.6 is 27.5 Å². The zero-order valence-electron chi connectivity index (χ0n) is 9.33. The lowest BCUT2D eigenvalue weighted by atomic mass is 9.99. The van der Waals surface area contributed by atoms with Crippen molar-refractivity contribution in [3.63, 3.8) is 0 Å². The van der Waals surface area contributed by atoms with E-state index in [-0.39, 0.29) is 11.9 Å². The van der Waals surface area contributed by atoms with Crippen LogP contribution in [0.5, 0.6) is 0 Å². The third-order valence-electron chi connectivity index (χ3n) is 2.64. The maximum absolute atomic E-state index is 13.2. The average Bonchev–Trinajstić information content (AvgIpc) is 2.35. The van der Waals surface area contributed by atoms with Crippen molar-refractivity contribution < 1.29 is 4.39 Å². The molecule has 3 N–H and O–H groups in total. The number of nitrogens with two attached hydrogens (primary N) is 1. The molecule has 0 aromatic heterocycles. The van der Waals surface area contributed by atoms with Crippen LogP contribution in [0, 0.1) is 5.82 Å². The van der Waals surface area contributed by atoms with Crippen LogP contribution in [-0.2, 0) is 0 Å². The number of hydrazine groups is 1. The molecule has 2 aromatic rings. The molecule has 0 heterocycles. The zero-order chi connectivity index (χ0) is 13.1. The molecule has 18 heavy (non-hydrogen) atoms. The summed E-state index contributed by atoms with van der Waals surface area (Å²) in [4.78, 5) is 0. The second kappa shape index (κ2) is 5.80. The highest BCUT2D eigenvalue weighted by atomic mass is 79.9. The van der Waals surface area contributed by atoms with Crippen molar-refractivity contribution >= 4 is 27.5 Å². The molecule has 94 valence electrons. The molecule has 0 aliphatic heterocycles. The quantitative estimate of drug-likeness (QED) is 0.664. The summed E-state index contributed by atoms with van der Waals surface area (Å²) in [6.07, 6.45) is 0. The van der Waals surface area contributed by atoms with E-state index in [1.54, 1.807) is 12.1 Å². The highest BCUT2D eigenvalue weighted by Gasteiger charge is 2.17. The predicted octanol–water partition coefficient (Wildman–Crippen LogP) is 3.79. The molecule has 0 radical (unpaired) electrons. The predicted molar refractivity (Wildman–Crippen MR) is 74.7 cm³/mol. The van der Waals surface area contributed by atoms with Crippen LogP contribution in [0.2, 0.25) is 5.02 Å². The Kier molecular flexibility index (Phi) is 4.35. The maximum atomic E-state index is 13.2. The Bertz CT molecular complexity index is 562. The lowest BCUT2D eigenvalue weighted by Gasteiger charge is -2.18. The Morgan fingerprint density at radius 1 is 1.22 bits per heavy atom. The van der Waals surface area contributed by atoms with Gasteiger partial charge in [0, 0.05) is 4.47 Å².